The lowest BCUT2D eigenvalue weighted by Crippen LogP contribution is -2.51. The Hall–Kier alpha value is -2.75. The molecule has 0 atom stereocenters. The van der Waals surface area contributed by atoms with Crippen molar-refractivity contribution in [2.75, 3.05) is 52.9 Å². The second-order valence-corrected chi connectivity index (χ2v) is 11.2. The number of amides is 2. The maximum Gasteiger partial charge on any atom is 0.254 e. The van der Waals surface area contributed by atoms with E-state index in [1.165, 1.54) is 26.9 Å². The number of hydrogen-bond acceptors (Lipinski definition) is 5. The number of piperidine rings is 1. The van der Waals surface area contributed by atoms with E-state index in [0.717, 1.165) is 38.9 Å². The minimum Gasteiger partial charge on any atom is -0.339 e. The van der Waals surface area contributed by atoms with Gasteiger partial charge >= 0.3 is 0 Å². The van der Waals surface area contributed by atoms with Gasteiger partial charge in [-0.15, -0.1) is 0 Å². The Labute approximate surface area is 208 Å². The molecule has 0 bridgehead atoms. The second-order valence-electron chi connectivity index (χ2n) is 9.30. The van der Waals surface area contributed by atoms with Crippen LogP contribution in [0.5, 0.6) is 0 Å². The molecular formula is C26H34N4O4S. The Morgan fingerprint density at radius 2 is 1.54 bits per heavy atom. The van der Waals surface area contributed by atoms with Gasteiger partial charge in [0.25, 0.3) is 5.91 Å². The Kier molecular flexibility index (Phi) is 8.20. The predicted molar refractivity (Wildman–Crippen MR) is 134 cm³/mol. The summed E-state index contributed by atoms with van der Waals surface area (Å²) in [6, 6.07) is 16.4. The fourth-order valence-corrected chi connectivity index (χ4v) is 6.20. The summed E-state index contributed by atoms with van der Waals surface area (Å²) in [6.45, 7) is 4.65. The molecular weight excluding hydrogens is 464 g/mol. The van der Waals surface area contributed by atoms with Gasteiger partial charge in [0.1, 0.15) is 0 Å². The number of rotatable bonds is 7. The fraction of sp³-hybridized carbons (Fsp3) is 0.462. The molecule has 8 nitrogen and oxygen atoms in total. The lowest BCUT2D eigenvalue weighted by atomic mass is 10.2. The van der Waals surface area contributed by atoms with Gasteiger partial charge < -0.3 is 9.80 Å². The average molecular weight is 499 g/mol. The minimum atomic E-state index is -3.63. The molecule has 2 aromatic rings. The molecule has 4 rings (SSSR count). The highest BCUT2D eigenvalue weighted by Gasteiger charge is 2.28. The van der Waals surface area contributed by atoms with Crippen LogP contribution in [0.25, 0.3) is 0 Å². The first-order valence-electron chi connectivity index (χ1n) is 12.2. The van der Waals surface area contributed by atoms with Crippen LogP contribution in [-0.4, -0.2) is 92.1 Å². The maximum atomic E-state index is 13.0. The van der Waals surface area contributed by atoms with Crippen molar-refractivity contribution in [1.82, 2.24) is 19.0 Å². The Balaban J connectivity index is 1.32. The third-order valence-corrected chi connectivity index (χ3v) is 8.62. The van der Waals surface area contributed by atoms with E-state index >= 15 is 0 Å². The van der Waals surface area contributed by atoms with Gasteiger partial charge in [-0.05, 0) is 36.6 Å². The van der Waals surface area contributed by atoms with Crippen LogP contribution in [0.2, 0.25) is 0 Å². The first-order chi connectivity index (χ1) is 16.8. The van der Waals surface area contributed by atoms with Crippen LogP contribution in [0, 0.1) is 0 Å². The predicted octanol–water partition coefficient (Wildman–Crippen LogP) is 2.28. The van der Waals surface area contributed by atoms with Gasteiger partial charge in [0.2, 0.25) is 15.9 Å². The summed E-state index contributed by atoms with van der Waals surface area (Å²) in [4.78, 5) is 31.5. The van der Waals surface area contributed by atoms with Crippen molar-refractivity contribution in [2.45, 2.75) is 30.7 Å². The summed E-state index contributed by atoms with van der Waals surface area (Å²) < 4.78 is 27.5. The van der Waals surface area contributed by atoms with Crippen LogP contribution in [0.1, 0.15) is 35.2 Å². The summed E-state index contributed by atoms with van der Waals surface area (Å²) in [5.41, 5.74) is 1.52. The van der Waals surface area contributed by atoms with E-state index in [9.17, 15) is 18.0 Å². The van der Waals surface area contributed by atoms with E-state index in [1.807, 2.05) is 18.2 Å². The van der Waals surface area contributed by atoms with Gasteiger partial charge in [-0.1, -0.05) is 42.8 Å². The molecule has 2 aliphatic heterocycles. The minimum absolute atomic E-state index is 0.0411. The van der Waals surface area contributed by atoms with E-state index < -0.39 is 10.0 Å². The zero-order valence-electron chi connectivity index (χ0n) is 20.3. The van der Waals surface area contributed by atoms with Crippen molar-refractivity contribution in [3.63, 3.8) is 0 Å². The lowest BCUT2D eigenvalue weighted by molar-refractivity contribution is -0.133. The monoisotopic (exact) mass is 498 g/mol. The van der Waals surface area contributed by atoms with Crippen LogP contribution in [-0.2, 0) is 21.4 Å². The number of hydrogen-bond donors (Lipinski definition) is 0. The topological polar surface area (TPSA) is 81.2 Å². The number of carbonyl (C=O) groups is 2. The Bertz CT molecular complexity index is 1130. The zero-order valence-corrected chi connectivity index (χ0v) is 21.1. The van der Waals surface area contributed by atoms with Crippen LogP contribution in [0.4, 0.5) is 0 Å². The maximum absolute atomic E-state index is 13.0. The molecule has 0 unspecified atom stereocenters. The van der Waals surface area contributed by atoms with Crippen LogP contribution in [0.15, 0.2) is 59.5 Å². The molecule has 0 N–H and O–H groups in total. The SMILES string of the molecule is CN(CC(=O)N1CCN(Cc2ccccc2)CC1)C(=O)c1cccc(S(=O)(=O)N2CCCCC2)c1. The van der Waals surface area contributed by atoms with Gasteiger partial charge in [-0.2, -0.15) is 4.31 Å². The number of nitrogens with zero attached hydrogens (tertiary/aromatic N) is 4. The number of piperazine rings is 1. The molecule has 35 heavy (non-hydrogen) atoms. The summed E-state index contributed by atoms with van der Waals surface area (Å²) in [6.07, 6.45) is 2.73. The molecule has 0 spiro atoms. The van der Waals surface area contributed by atoms with Crippen molar-refractivity contribution >= 4 is 21.8 Å². The quantitative estimate of drug-likeness (QED) is 0.585. The third kappa shape index (κ3) is 6.28. The fourth-order valence-electron chi connectivity index (χ4n) is 4.64. The molecule has 188 valence electrons. The molecule has 0 saturated carbocycles. The van der Waals surface area contributed by atoms with Gasteiger partial charge in [-0.3, -0.25) is 14.5 Å². The highest BCUT2D eigenvalue weighted by molar-refractivity contribution is 7.89. The lowest BCUT2D eigenvalue weighted by Gasteiger charge is -2.35. The standard InChI is InChI=1S/C26H34N4O4S/c1-27(21-25(31)29-17-15-28(16-18-29)20-22-9-4-2-5-10-22)26(32)23-11-8-12-24(19-23)35(33,34)30-13-6-3-7-14-30/h2,4-5,8-12,19H,3,6-7,13-18,20-21H2,1H3. The van der Waals surface area contributed by atoms with E-state index in [1.54, 1.807) is 24.1 Å². The smallest absolute Gasteiger partial charge is 0.254 e. The average Bonchev–Trinajstić information content (AvgIpc) is 2.89. The van der Waals surface area contributed by atoms with E-state index in [0.29, 0.717) is 26.2 Å². The molecule has 2 amide bonds. The van der Waals surface area contributed by atoms with Crippen LogP contribution in [0.3, 0.4) is 0 Å². The summed E-state index contributed by atoms with van der Waals surface area (Å²) in [5, 5.41) is 0. The first-order valence-corrected chi connectivity index (χ1v) is 13.7. The van der Waals surface area contributed by atoms with Crippen molar-refractivity contribution in [3.05, 3.63) is 65.7 Å². The van der Waals surface area contributed by atoms with E-state index in [-0.39, 0.29) is 28.8 Å². The van der Waals surface area contributed by atoms with Gasteiger partial charge in [-0.25, -0.2) is 8.42 Å². The molecule has 0 radical (unpaired) electrons. The molecule has 2 heterocycles. The van der Waals surface area contributed by atoms with Gasteiger partial charge in [0.05, 0.1) is 11.4 Å². The van der Waals surface area contributed by atoms with Crippen molar-refractivity contribution in [2.24, 2.45) is 0 Å². The third-order valence-electron chi connectivity index (χ3n) is 6.73. The highest BCUT2D eigenvalue weighted by Crippen LogP contribution is 2.22. The molecule has 0 aromatic heterocycles. The molecule has 0 aliphatic carbocycles. The molecule has 9 heteroatoms. The number of sulfonamides is 1. The van der Waals surface area contributed by atoms with Crippen molar-refractivity contribution in [3.8, 4) is 0 Å². The van der Waals surface area contributed by atoms with E-state index in [2.05, 4.69) is 17.0 Å². The molecule has 2 aromatic carbocycles. The second kappa shape index (κ2) is 11.3. The van der Waals surface area contributed by atoms with E-state index in [4.69, 9.17) is 0 Å². The van der Waals surface area contributed by atoms with Gasteiger partial charge in [0.15, 0.2) is 0 Å². The van der Waals surface area contributed by atoms with Crippen LogP contribution >= 0.6 is 0 Å². The van der Waals surface area contributed by atoms with Gasteiger partial charge in [0, 0.05) is 58.4 Å². The highest BCUT2D eigenvalue weighted by atomic mass is 32.2. The van der Waals surface area contributed by atoms with Crippen LogP contribution < -0.4 is 0 Å². The molecule has 2 fully saturated rings. The Morgan fingerprint density at radius 3 is 2.23 bits per heavy atom. The zero-order chi connectivity index (χ0) is 24.8. The normalized spacial score (nSPS) is 17.8. The molecule has 2 aliphatic rings. The number of benzene rings is 2. The first kappa shape index (κ1) is 25.3. The summed E-state index contributed by atoms with van der Waals surface area (Å²) in [7, 11) is -2.05. The van der Waals surface area contributed by atoms with Crippen molar-refractivity contribution in [1.29, 1.82) is 0 Å². The Morgan fingerprint density at radius 1 is 0.857 bits per heavy atom. The van der Waals surface area contributed by atoms with Crippen molar-refractivity contribution < 1.29 is 18.0 Å². The number of likely N-dealkylation sites (N-methyl/N-ethyl adjacent to an activating group) is 1. The number of carbonyl (C=O) groups excluding carboxylic acids is 2. The summed E-state index contributed by atoms with van der Waals surface area (Å²) in [5.74, 6) is -0.464. The largest absolute Gasteiger partial charge is 0.339 e. The molecule has 2 saturated heterocycles. The summed E-state index contributed by atoms with van der Waals surface area (Å²) >= 11 is 0.